The Kier molecular flexibility index (Phi) is 5.48. The third kappa shape index (κ3) is 4.43. The lowest BCUT2D eigenvalue weighted by Crippen LogP contribution is -2.50. The molecule has 0 bridgehead atoms. The Hall–Kier alpha value is -3.27. The van der Waals surface area contributed by atoms with E-state index >= 15 is 0 Å². The first-order chi connectivity index (χ1) is 14.8. The van der Waals surface area contributed by atoms with Crippen LogP contribution in [0.15, 0.2) is 46.9 Å². The van der Waals surface area contributed by atoms with Crippen molar-refractivity contribution in [3.63, 3.8) is 0 Å². The number of carbonyl (C=O) groups excluding carboxylic acids is 1. The molecule has 0 spiro atoms. The van der Waals surface area contributed by atoms with E-state index in [4.69, 9.17) is 10.5 Å². The first kappa shape index (κ1) is 21.0. The maximum absolute atomic E-state index is 12.9. The number of amidine groups is 1. The number of nitrogens with two attached hydrogens (primary N) is 1. The molecule has 31 heavy (non-hydrogen) atoms. The maximum atomic E-state index is 12.9. The maximum Gasteiger partial charge on any atom is 0.344 e. The highest BCUT2D eigenvalue weighted by Gasteiger charge is 2.37. The molecular formula is C21H25N5O4S. The second-order valence-electron chi connectivity index (χ2n) is 7.79. The van der Waals surface area contributed by atoms with Crippen molar-refractivity contribution in [3.8, 4) is 5.75 Å². The van der Waals surface area contributed by atoms with Crippen LogP contribution in [0.2, 0.25) is 0 Å². The Morgan fingerprint density at radius 3 is 2.71 bits per heavy atom. The van der Waals surface area contributed by atoms with E-state index in [0.717, 1.165) is 31.4 Å². The first-order valence-electron chi connectivity index (χ1n) is 10.1. The number of hydrogen-bond donors (Lipinski definition) is 4. The molecule has 10 heteroatoms. The average molecular weight is 444 g/mol. The highest BCUT2D eigenvalue weighted by atomic mass is 32.2. The van der Waals surface area contributed by atoms with Crippen LogP contribution in [0.25, 0.3) is 0 Å². The van der Waals surface area contributed by atoms with E-state index in [1.54, 1.807) is 37.4 Å². The van der Waals surface area contributed by atoms with E-state index in [1.165, 1.54) is 0 Å². The quantitative estimate of drug-likeness (QED) is 0.541. The summed E-state index contributed by atoms with van der Waals surface area (Å²) in [6.45, 7) is 0.237. The van der Waals surface area contributed by atoms with Crippen LogP contribution in [0.1, 0.15) is 41.6 Å². The van der Waals surface area contributed by atoms with E-state index < -0.39 is 15.7 Å². The lowest BCUT2D eigenvalue weighted by atomic mass is 9.97. The summed E-state index contributed by atoms with van der Waals surface area (Å²) >= 11 is 0. The predicted molar refractivity (Wildman–Crippen MR) is 120 cm³/mol. The van der Waals surface area contributed by atoms with Gasteiger partial charge in [-0.05, 0) is 43.2 Å². The van der Waals surface area contributed by atoms with Gasteiger partial charge >= 0.3 is 10.2 Å². The molecule has 0 aromatic heterocycles. The van der Waals surface area contributed by atoms with Crippen molar-refractivity contribution in [2.24, 2.45) is 10.1 Å². The van der Waals surface area contributed by atoms with Crippen LogP contribution in [0.4, 0.5) is 11.4 Å². The summed E-state index contributed by atoms with van der Waals surface area (Å²) in [5, 5.41) is 6.20. The molecule has 1 heterocycles. The molecule has 1 aliphatic heterocycles. The highest BCUT2D eigenvalue weighted by molar-refractivity contribution is 7.91. The number of amides is 1. The van der Waals surface area contributed by atoms with Crippen LogP contribution in [0.5, 0.6) is 5.75 Å². The Balaban J connectivity index is 1.54. The van der Waals surface area contributed by atoms with Gasteiger partial charge in [0.2, 0.25) is 0 Å². The summed E-state index contributed by atoms with van der Waals surface area (Å²) in [6, 6.07) is 12.3. The van der Waals surface area contributed by atoms with Gasteiger partial charge in [-0.25, -0.2) is 0 Å². The van der Waals surface area contributed by atoms with Crippen molar-refractivity contribution in [2.45, 2.75) is 31.2 Å². The fourth-order valence-corrected chi connectivity index (χ4v) is 4.88. The molecule has 2 aromatic rings. The smallest absolute Gasteiger partial charge is 0.344 e. The van der Waals surface area contributed by atoms with Crippen molar-refractivity contribution in [2.75, 3.05) is 23.7 Å². The summed E-state index contributed by atoms with van der Waals surface area (Å²) in [4.78, 5) is 12.9. The van der Waals surface area contributed by atoms with Crippen LogP contribution >= 0.6 is 0 Å². The standard InChI is InChI=1S/C21H25N5O4S/c1-23-15-7-4-6-14(12-15)20(27)24-21(10-2-3-11-21)13-30-17-9-5-8-16-18(17)19(22)26-31(28,29)25-16/h4-9,12,23,25H,2-3,10-11,13H2,1H3,(H2,22,26)(H,24,27). The summed E-state index contributed by atoms with van der Waals surface area (Å²) in [5.41, 5.74) is 7.53. The number of nitrogens with zero attached hydrogens (tertiary/aromatic N) is 1. The molecule has 1 saturated carbocycles. The van der Waals surface area contributed by atoms with Gasteiger partial charge < -0.3 is 21.1 Å². The van der Waals surface area contributed by atoms with Crippen LogP contribution in [-0.4, -0.2) is 39.4 Å². The van der Waals surface area contributed by atoms with Gasteiger partial charge in [0.05, 0.1) is 16.8 Å². The summed E-state index contributed by atoms with van der Waals surface area (Å²) in [7, 11) is -2.06. The number of benzene rings is 2. The molecule has 1 amide bonds. The Bertz CT molecular complexity index is 1140. The van der Waals surface area contributed by atoms with Gasteiger partial charge in [-0.2, -0.15) is 8.42 Å². The summed E-state index contributed by atoms with van der Waals surface area (Å²) in [6.07, 6.45) is 3.54. The molecular weight excluding hydrogens is 418 g/mol. The number of nitrogens with one attached hydrogen (secondary N) is 3. The monoisotopic (exact) mass is 443 g/mol. The molecule has 4 rings (SSSR count). The zero-order valence-corrected chi connectivity index (χ0v) is 18.0. The van der Waals surface area contributed by atoms with Crippen molar-refractivity contribution in [1.82, 2.24) is 5.32 Å². The minimum absolute atomic E-state index is 0.127. The molecule has 1 aliphatic carbocycles. The minimum Gasteiger partial charge on any atom is -0.490 e. The molecule has 5 N–H and O–H groups in total. The molecule has 0 saturated heterocycles. The fourth-order valence-electron chi connectivity index (χ4n) is 4.04. The molecule has 1 fully saturated rings. The molecule has 9 nitrogen and oxygen atoms in total. The van der Waals surface area contributed by atoms with E-state index in [1.807, 2.05) is 12.1 Å². The average Bonchev–Trinajstić information content (AvgIpc) is 3.19. The van der Waals surface area contributed by atoms with Gasteiger partial charge in [0.25, 0.3) is 5.91 Å². The van der Waals surface area contributed by atoms with Crippen LogP contribution in [0, 0.1) is 0 Å². The van der Waals surface area contributed by atoms with Crippen molar-refractivity contribution in [1.29, 1.82) is 0 Å². The number of hydrogen-bond acceptors (Lipinski definition) is 6. The second kappa shape index (κ2) is 8.10. The summed E-state index contributed by atoms with van der Waals surface area (Å²) < 4.78 is 35.5. The van der Waals surface area contributed by atoms with Crippen LogP contribution < -0.4 is 25.8 Å². The van der Waals surface area contributed by atoms with Gasteiger partial charge in [-0.15, -0.1) is 4.40 Å². The number of anilines is 2. The predicted octanol–water partition coefficient (Wildman–Crippen LogP) is 2.23. The zero-order valence-electron chi connectivity index (χ0n) is 17.1. The molecule has 2 aromatic carbocycles. The summed E-state index contributed by atoms with van der Waals surface area (Å²) in [5.74, 6) is 0.128. The molecule has 0 radical (unpaired) electrons. The van der Waals surface area contributed by atoms with Crippen molar-refractivity contribution in [3.05, 3.63) is 53.6 Å². The lowest BCUT2D eigenvalue weighted by Gasteiger charge is -2.31. The van der Waals surface area contributed by atoms with E-state index in [9.17, 15) is 13.2 Å². The molecule has 2 aliphatic rings. The Labute approximate surface area is 181 Å². The SMILES string of the molecule is CNc1cccc(C(=O)NC2(COc3cccc4c3C(N)=NS(=O)(=O)N4)CCCC2)c1. The normalized spacial score (nSPS) is 18.3. The third-order valence-corrected chi connectivity index (χ3v) is 6.51. The number of rotatable bonds is 6. The fraction of sp³-hybridized carbons (Fsp3) is 0.333. The van der Waals surface area contributed by atoms with Crippen molar-refractivity contribution >= 4 is 33.3 Å². The minimum atomic E-state index is -3.86. The number of fused-ring (bicyclic) bond motifs is 1. The third-order valence-electron chi connectivity index (χ3n) is 5.60. The van der Waals surface area contributed by atoms with Crippen LogP contribution in [0.3, 0.4) is 0 Å². The van der Waals surface area contributed by atoms with E-state index in [-0.39, 0.29) is 18.3 Å². The largest absolute Gasteiger partial charge is 0.490 e. The first-order valence-corrected chi connectivity index (χ1v) is 11.5. The Morgan fingerprint density at radius 2 is 1.97 bits per heavy atom. The molecule has 164 valence electrons. The van der Waals surface area contributed by atoms with Gasteiger partial charge in [-0.3, -0.25) is 9.52 Å². The zero-order chi connectivity index (χ0) is 22.1. The van der Waals surface area contributed by atoms with E-state index in [0.29, 0.717) is 22.6 Å². The van der Waals surface area contributed by atoms with Gasteiger partial charge in [-0.1, -0.05) is 25.0 Å². The lowest BCUT2D eigenvalue weighted by molar-refractivity contribution is 0.0855. The number of ether oxygens (including phenoxy) is 1. The molecule has 0 atom stereocenters. The van der Waals surface area contributed by atoms with E-state index in [2.05, 4.69) is 19.8 Å². The Morgan fingerprint density at radius 1 is 1.23 bits per heavy atom. The second-order valence-corrected chi connectivity index (χ2v) is 9.13. The molecule has 0 unspecified atom stereocenters. The number of carbonyl (C=O) groups is 1. The van der Waals surface area contributed by atoms with Gasteiger partial charge in [0.15, 0.2) is 5.84 Å². The van der Waals surface area contributed by atoms with Crippen molar-refractivity contribution < 1.29 is 17.9 Å². The van der Waals surface area contributed by atoms with Crippen LogP contribution in [-0.2, 0) is 10.2 Å². The highest BCUT2D eigenvalue weighted by Crippen LogP contribution is 2.34. The van der Waals surface area contributed by atoms with Gasteiger partial charge in [0.1, 0.15) is 12.4 Å². The topological polar surface area (TPSA) is 135 Å². The van der Waals surface area contributed by atoms with Gasteiger partial charge in [0, 0.05) is 18.3 Å².